The second-order valence-corrected chi connectivity index (χ2v) is 4.45. The van der Waals surface area contributed by atoms with Gasteiger partial charge in [0, 0.05) is 17.9 Å². The summed E-state index contributed by atoms with van der Waals surface area (Å²) in [6.07, 6.45) is 0. The third kappa shape index (κ3) is 2.36. The fourth-order valence-electron chi connectivity index (χ4n) is 1.49. The summed E-state index contributed by atoms with van der Waals surface area (Å²) in [5.74, 6) is 1.52. The molecule has 1 rings (SSSR count). The van der Waals surface area contributed by atoms with Gasteiger partial charge in [-0.2, -0.15) is 0 Å². The molecule has 1 aromatic rings. The summed E-state index contributed by atoms with van der Waals surface area (Å²) < 4.78 is 2.41. The first kappa shape index (κ1) is 10.4. The molecule has 0 bridgehead atoms. The minimum Gasteiger partial charge on any atom is -0.349 e. The second-order valence-electron chi connectivity index (χ2n) is 4.45. The molecule has 1 heterocycles. The predicted octanol–water partition coefficient (Wildman–Crippen LogP) is 3.40. The molecule has 0 aliphatic heterocycles. The first-order valence-electron chi connectivity index (χ1n) is 5.15. The molecule has 0 aromatic carbocycles. The van der Waals surface area contributed by atoms with E-state index in [1.165, 1.54) is 11.4 Å². The molecule has 0 N–H and O–H groups in total. The summed E-state index contributed by atoms with van der Waals surface area (Å²) in [5, 5.41) is 0. The van der Waals surface area contributed by atoms with E-state index in [2.05, 4.69) is 51.3 Å². The predicted molar refractivity (Wildman–Crippen MR) is 57.9 cm³/mol. The number of hydrogen-bond acceptors (Lipinski definition) is 0. The third-order valence-electron chi connectivity index (χ3n) is 3.03. The molecule has 0 saturated heterocycles. The van der Waals surface area contributed by atoms with E-state index < -0.39 is 0 Å². The quantitative estimate of drug-likeness (QED) is 0.670. The Morgan fingerprint density at radius 1 is 1.08 bits per heavy atom. The standard InChI is InChI=1S/C12H21N/c1-9(2)10(3)8-13-11(4)6-7-12(13)5/h6-7,9-10H,8H2,1-5H3. The Kier molecular flexibility index (Phi) is 3.18. The molecule has 0 aliphatic rings. The summed E-state index contributed by atoms with van der Waals surface area (Å²) >= 11 is 0. The first-order valence-corrected chi connectivity index (χ1v) is 5.15. The van der Waals surface area contributed by atoms with Gasteiger partial charge in [-0.15, -0.1) is 0 Å². The normalized spacial score (nSPS) is 13.7. The van der Waals surface area contributed by atoms with E-state index in [0.717, 1.165) is 18.4 Å². The average molecular weight is 179 g/mol. The molecule has 1 unspecified atom stereocenters. The molecular formula is C12H21N. The Morgan fingerprint density at radius 3 is 1.92 bits per heavy atom. The lowest BCUT2D eigenvalue weighted by Crippen LogP contribution is -2.14. The van der Waals surface area contributed by atoms with Crippen LogP contribution in [-0.4, -0.2) is 4.57 Å². The molecule has 0 aliphatic carbocycles. The zero-order valence-corrected chi connectivity index (χ0v) is 9.46. The molecular weight excluding hydrogens is 158 g/mol. The molecule has 0 saturated carbocycles. The maximum Gasteiger partial charge on any atom is 0.0252 e. The van der Waals surface area contributed by atoms with Crippen molar-refractivity contribution in [3.05, 3.63) is 23.5 Å². The van der Waals surface area contributed by atoms with Crippen molar-refractivity contribution >= 4 is 0 Å². The molecule has 1 heteroatoms. The molecule has 13 heavy (non-hydrogen) atoms. The first-order chi connectivity index (χ1) is 6.02. The van der Waals surface area contributed by atoms with E-state index in [0.29, 0.717) is 0 Å². The highest BCUT2D eigenvalue weighted by atomic mass is 15.0. The Morgan fingerprint density at radius 2 is 1.54 bits per heavy atom. The molecule has 0 amide bonds. The fraction of sp³-hybridized carbons (Fsp3) is 0.667. The minimum absolute atomic E-state index is 0.754. The van der Waals surface area contributed by atoms with Crippen molar-refractivity contribution in [2.75, 3.05) is 0 Å². The van der Waals surface area contributed by atoms with Crippen LogP contribution in [0.5, 0.6) is 0 Å². The monoisotopic (exact) mass is 179 g/mol. The maximum atomic E-state index is 2.41. The van der Waals surface area contributed by atoms with Crippen LogP contribution in [0.4, 0.5) is 0 Å². The molecule has 0 spiro atoms. The van der Waals surface area contributed by atoms with Gasteiger partial charge in [0.25, 0.3) is 0 Å². The van der Waals surface area contributed by atoms with Gasteiger partial charge < -0.3 is 4.57 Å². The highest BCUT2D eigenvalue weighted by Gasteiger charge is 2.09. The van der Waals surface area contributed by atoms with E-state index in [1.54, 1.807) is 0 Å². The highest BCUT2D eigenvalue weighted by Crippen LogP contribution is 2.16. The van der Waals surface area contributed by atoms with Crippen LogP contribution < -0.4 is 0 Å². The van der Waals surface area contributed by atoms with Crippen LogP contribution in [0.1, 0.15) is 32.2 Å². The molecule has 1 nitrogen and oxygen atoms in total. The summed E-state index contributed by atoms with van der Waals surface area (Å²) in [7, 11) is 0. The van der Waals surface area contributed by atoms with Crippen molar-refractivity contribution in [3.8, 4) is 0 Å². The van der Waals surface area contributed by atoms with Crippen LogP contribution in [0, 0.1) is 25.7 Å². The largest absolute Gasteiger partial charge is 0.349 e. The van der Waals surface area contributed by atoms with E-state index in [9.17, 15) is 0 Å². The highest BCUT2D eigenvalue weighted by molar-refractivity contribution is 5.13. The van der Waals surface area contributed by atoms with Crippen LogP contribution in [-0.2, 0) is 6.54 Å². The number of nitrogens with zero attached hydrogens (tertiary/aromatic N) is 1. The average Bonchev–Trinajstić information content (AvgIpc) is 2.35. The third-order valence-corrected chi connectivity index (χ3v) is 3.03. The van der Waals surface area contributed by atoms with Crippen molar-refractivity contribution in [1.29, 1.82) is 0 Å². The molecule has 1 aromatic heterocycles. The summed E-state index contributed by atoms with van der Waals surface area (Å²) in [6.45, 7) is 12.4. The van der Waals surface area contributed by atoms with Crippen LogP contribution in [0.15, 0.2) is 12.1 Å². The van der Waals surface area contributed by atoms with Gasteiger partial charge in [0.15, 0.2) is 0 Å². The summed E-state index contributed by atoms with van der Waals surface area (Å²) in [6, 6.07) is 4.39. The van der Waals surface area contributed by atoms with Gasteiger partial charge in [-0.1, -0.05) is 20.8 Å². The smallest absolute Gasteiger partial charge is 0.0252 e. The molecule has 0 radical (unpaired) electrons. The SMILES string of the molecule is Cc1ccc(C)n1CC(C)C(C)C. The Bertz CT molecular complexity index is 251. The van der Waals surface area contributed by atoms with Crippen LogP contribution in [0.2, 0.25) is 0 Å². The molecule has 0 fully saturated rings. The van der Waals surface area contributed by atoms with E-state index in [4.69, 9.17) is 0 Å². The number of hydrogen-bond donors (Lipinski definition) is 0. The van der Waals surface area contributed by atoms with Crippen molar-refractivity contribution in [2.24, 2.45) is 11.8 Å². The lowest BCUT2D eigenvalue weighted by atomic mass is 9.98. The Hall–Kier alpha value is -0.720. The van der Waals surface area contributed by atoms with Crippen molar-refractivity contribution in [1.82, 2.24) is 4.57 Å². The molecule has 74 valence electrons. The fourth-order valence-corrected chi connectivity index (χ4v) is 1.49. The van der Waals surface area contributed by atoms with Gasteiger partial charge in [0.1, 0.15) is 0 Å². The van der Waals surface area contributed by atoms with E-state index in [-0.39, 0.29) is 0 Å². The van der Waals surface area contributed by atoms with E-state index in [1.807, 2.05) is 0 Å². The topological polar surface area (TPSA) is 4.93 Å². The van der Waals surface area contributed by atoms with E-state index >= 15 is 0 Å². The van der Waals surface area contributed by atoms with Crippen molar-refractivity contribution < 1.29 is 0 Å². The zero-order valence-electron chi connectivity index (χ0n) is 9.46. The lowest BCUT2D eigenvalue weighted by Gasteiger charge is -2.18. The number of aromatic nitrogens is 1. The minimum atomic E-state index is 0.754. The van der Waals surface area contributed by atoms with Gasteiger partial charge in [-0.25, -0.2) is 0 Å². The number of rotatable bonds is 3. The Balaban J connectivity index is 2.73. The summed E-state index contributed by atoms with van der Waals surface area (Å²) in [4.78, 5) is 0. The van der Waals surface area contributed by atoms with Gasteiger partial charge in [0.2, 0.25) is 0 Å². The van der Waals surface area contributed by atoms with Gasteiger partial charge in [-0.05, 0) is 37.8 Å². The van der Waals surface area contributed by atoms with Crippen LogP contribution in [0.3, 0.4) is 0 Å². The van der Waals surface area contributed by atoms with Crippen LogP contribution in [0.25, 0.3) is 0 Å². The summed E-state index contributed by atoms with van der Waals surface area (Å²) in [5.41, 5.74) is 2.76. The second kappa shape index (κ2) is 3.99. The Labute approximate surface area is 81.8 Å². The molecule has 1 atom stereocenters. The zero-order chi connectivity index (χ0) is 10.0. The van der Waals surface area contributed by atoms with Gasteiger partial charge in [0.05, 0.1) is 0 Å². The maximum absolute atomic E-state index is 2.41. The van der Waals surface area contributed by atoms with Crippen molar-refractivity contribution in [3.63, 3.8) is 0 Å². The van der Waals surface area contributed by atoms with Crippen molar-refractivity contribution in [2.45, 2.75) is 41.2 Å². The lowest BCUT2D eigenvalue weighted by molar-refractivity contribution is 0.360. The number of aryl methyl sites for hydroxylation is 2. The van der Waals surface area contributed by atoms with Crippen LogP contribution >= 0.6 is 0 Å². The van der Waals surface area contributed by atoms with Gasteiger partial charge >= 0.3 is 0 Å². The van der Waals surface area contributed by atoms with Gasteiger partial charge in [-0.3, -0.25) is 0 Å².